The van der Waals surface area contributed by atoms with Crippen molar-refractivity contribution in [2.24, 2.45) is 0 Å². The Balaban J connectivity index is 1.98. The Hall–Kier alpha value is -1.94. The highest BCUT2D eigenvalue weighted by Gasteiger charge is 2.13. The van der Waals surface area contributed by atoms with E-state index in [-0.39, 0.29) is 17.8 Å². The fraction of sp³-hybridized carbons (Fsp3) is 0.200. The van der Waals surface area contributed by atoms with E-state index >= 15 is 0 Å². The highest BCUT2D eigenvalue weighted by atomic mass is 35.5. The number of nitrogens with one attached hydrogen (secondary N) is 1. The molecule has 1 aromatic heterocycles. The zero-order chi connectivity index (χ0) is 14.5. The van der Waals surface area contributed by atoms with Crippen molar-refractivity contribution < 1.29 is 9.18 Å². The van der Waals surface area contributed by atoms with Gasteiger partial charge in [-0.25, -0.2) is 4.39 Å². The number of pyridine rings is 1. The number of aromatic nitrogens is 1. The summed E-state index contributed by atoms with van der Waals surface area (Å²) in [6, 6.07) is 7.71. The number of carbonyl (C=O) groups is 1. The van der Waals surface area contributed by atoms with Gasteiger partial charge in [0.15, 0.2) is 0 Å². The molecule has 1 amide bonds. The third kappa shape index (κ3) is 3.78. The van der Waals surface area contributed by atoms with Gasteiger partial charge in [-0.05, 0) is 37.1 Å². The van der Waals surface area contributed by atoms with Crippen LogP contribution in [0.3, 0.4) is 0 Å². The summed E-state index contributed by atoms with van der Waals surface area (Å²) < 4.78 is 12.8. The van der Waals surface area contributed by atoms with Gasteiger partial charge in [0.25, 0.3) is 5.91 Å². The van der Waals surface area contributed by atoms with Crippen molar-refractivity contribution in [3.8, 4) is 0 Å². The van der Waals surface area contributed by atoms with Crippen molar-refractivity contribution in [2.75, 3.05) is 0 Å². The van der Waals surface area contributed by atoms with Gasteiger partial charge in [0, 0.05) is 18.4 Å². The van der Waals surface area contributed by atoms with Gasteiger partial charge in [0.1, 0.15) is 5.82 Å². The highest BCUT2D eigenvalue weighted by molar-refractivity contribution is 6.33. The Bertz CT molecular complexity index is 601. The zero-order valence-electron chi connectivity index (χ0n) is 10.9. The van der Waals surface area contributed by atoms with Crippen LogP contribution in [0.4, 0.5) is 4.39 Å². The van der Waals surface area contributed by atoms with Crippen LogP contribution < -0.4 is 5.32 Å². The molecule has 0 aliphatic rings. The molecular weight excluding hydrogens is 279 g/mol. The number of rotatable bonds is 4. The number of amides is 1. The normalized spacial score (nSPS) is 11.9. The van der Waals surface area contributed by atoms with Crippen molar-refractivity contribution in [3.63, 3.8) is 0 Å². The van der Waals surface area contributed by atoms with Crippen LogP contribution in [0, 0.1) is 5.82 Å². The number of hydrogen-bond donors (Lipinski definition) is 1. The van der Waals surface area contributed by atoms with Gasteiger partial charge in [-0.15, -0.1) is 0 Å². The second kappa shape index (κ2) is 6.48. The first-order chi connectivity index (χ1) is 9.56. The van der Waals surface area contributed by atoms with Crippen LogP contribution in [0.1, 0.15) is 22.8 Å². The van der Waals surface area contributed by atoms with E-state index in [9.17, 15) is 9.18 Å². The Morgan fingerprint density at radius 1 is 1.35 bits per heavy atom. The summed E-state index contributed by atoms with van der Waals surface area (Å²) in [5, 5.41) is 3.17. The number of halogens is 2. The molecule has 0 radical (unpaired) electrons. The molecule has 2 rings (SSSR count). The molecule has 1 N–H and O–H groups in total. The predicted molar refractivity (Wildman–Crippen MR) is 76.3 cm³/mol. The fourth-order valence-electron chi connectivity index (χ4n) is 1.89. The van der Waals surface area contributed by atoms with Crippen LogP contribution in [0.15, 0.2) is 42.7 Å². The average Bonchev–Trinajstić information content (AvgIpc) is 2.41. The number of hydrogen-bond acceptors (Lipinski definition) is 2. The minimum Gasteiger partial charge on any atom is -0.349 e. The molecule has 0 bridgehead atoms. The van der Waals surface area contributed by atoms with Gasteiger partial charge in [0.05, 0.1) is 10.6 Å². The molecule has 0 fully saturated rings. The first-order valence-corrected chi connectivity index (χ1v) is 6.59. The third-order valence-electron chi connectivity index (χ3n) is 2.85. The molecule has 0 spiro atoms. The summed E-state index contributed by atoms with van der Waals surface area (Å²) in [5.74, 6) is -0.513. The molecule has 1 heterocycles. The van der Waals surface area contributed by atoms with Crippen molar-refractivity contribution in [2.45, 2.75) is 19.4 Å². The summed E-state index contributed by atoms with van der Waals surface area (Å²) in [6.45, 7) is 1.89. The number of carbonyl (C=O) groups excluding carboxylic acids is 1. The second-order valence-corrected chi connectivity index (χ2v) is 4.97. The minimum atomic E-state index is -0.269. The lowest BCUT2D eigenvalue weighted by Gasteiger charge is -2.14. The van der Waals surface area contributed by atoms with Crippen LogP contribution >= 0.6 is 11.6 Å². The van der Waals surface area contributed by atoms with Crippen LogP contribution in [0.2, 0.25) is 5.02 Å². The molecule has 20 heavy (non-hydrogen) atoms. The van der Waals surface area contributed by atoms with E-state index in [0.717, 1.165) is 5.56 Å². The zero-order valence-corrected chi connectivity index (χ0v) is 11.7. The maximum absolute atomic E-state index is 12.8. The van der Waals surface area contributed by atoms with E-state index in [4.69, 9.17) is 11.6 Å². The molecule has 0 aliphatic carbocycles. The average molecular weight is 293 g/mol. The van der Waals surface area contributed by atoms with Crippen LogP contribution in [0.25, 0.3) is 0 Å². The molecule has 1 atom stereocenters. The molecule has 0 saturated carbocycles. The molecule has 1 aromatic carbocycles. The highest BCUT2D eigenvalue weighted by Crippen LogP contribution is 2.13. The summed E-state index contributed by atoms with van der Waals surface area (Å²) in [7, 11) is 0. The summed E-state index contributed by atoms with van der Waals surface area (Å²) in [5.41, 5.74) is 1.35. The van der Waals surface area contributed by atoms with Crippen LogP contribution in [0.5, 0.6) is 0 Å². The Kier molecular flexibility index (Phi) is 4.69. The third-order valence-corrected chi connectivity index (χ3v) is 3.15. The lowest BCUT2D eigenvalue weighted by Crippen LogP contribution is -2.34. The number of benzene rings is 1. The Morgan fingerprint density at radius 2 is 2.05 bits per heavy atom. The van der Waals surface area contributed by atoms with E-state index in [1.807, 2.05) is 6.92 Å². The molecule has 2 aromatic rings. The van der Waals surface area contributed by atoms with E-state index < -0.39 is 0 Å². The van der Waals surface area contributed by atoms with Crippen molar-refractivity contribution >= 4 is 17.5 Å². The van der Waals surface area contributed by atoms with Crippen LogP contribution in [-0.2, 0) is 6.42 Å². The van der Waals surface area contributed by atoms with Gasteiger partial charge in [-0.3, -0.25) is 9.78 Å². The Morgan fingerprint density at radius 3 is 2.70 bits per heavy atom. The van der Waals surface area contributed by atoms with Crippen molar-refractivity contribution in [1.82, 2.24) is 10.3 Å². The van der Waals surface area contributed by atoms with Gasteiger partial charge in [0.2, 0.25) is 0 Å². The monoisotopic (exact) mass is 292 g/mol. The standard InChI is InChI=1S/C15H14ClFN2O/c1-10(8-11-2-4-12(17)5-3-11)19-15(20)13-6-7-18-9-14(13)16/h2-7,9-10H,8H2,1H3,(H,19,20). The minimum absolute atomic E-state index is 0.0859. The summed E-state index contributed by atoms with van der Waals surface area (Å²) in [6.07, 6.45) is 3.57. The SMILES string of the molecule is CC(Cc1ccc(F)cc1)NC(=O)c1ccncc1Cl. The van der Waals surface area contributed by atoms with E-state index in [0.29, 0.717) is 17.0 Å². The largest absolute Gasteiger partial charge is 0.349 e. The molecule has 0 saturated heterocycles. The maximum atomic E-state index is 12.8. The molecule has 1 unspecified atom stereocenters. The number of nitrogens with zero attached hydrogens (tertiary/aromatic N) is 1. The topological polar surface area (TPSA) is 42.0 Å². The molecule has 5 heteroatoms. The van der Waals surface area contributed by atoms with Gasteiger partial charge in [-0.2, -0.15) is 0 Å². The first kappa shape index (κ1) is 14.5. The predicted octanol–water partition coefficient (Wildman–Crippen LogP) is 3.24. The quantitative estimate of drug-likeness (QED) is 0.940. The second-order valence-electron chi connectivity index (χ2n) is 4.56. The summed E-state index contributed by atoms with van der Waals surface area (Å²) in [4.78, 5) is 15.9. The summed E-state index contributed by atoms with van der Waals surface area (Å²) >= 11 is 5.92. The maximum Gasteiger partial charge on any atom is 0.253 e. The smallest absolute Gasteiger partial charge is 0.253 e. The van der Waals surface area contributed by atoms with Crippen molar-refractivity contribution in [3.05, 3.63) is 64.7 Å². The molecular formula is C15H14ClFN2O. The van der Waals surface area contributed by atoms with Gasteiger partial charge in [-0.1, -0.05) is 23.7 Å². The lowest BCUT2D eigenvalue weighted by molar-refractivity contribution is 0.0940. The van der Waals surface area contributed by atoms with E-state index in [1.54, 1.807) is 18.2 Å². The van der Waals surface area contributed by atoms with E-state index in [1.165, 1.54) is 24.5 Å². The molecule has 3 nitrogen and oxygen atoms in total. The van der Waals surface area contributed by atoms with E-state index in [2.05, 4.69) is 10.3 Å². The van der Waals surface area contributed by atoms with Crippen molar-refractivity contribution in [1.29, 1.82) is 0 Å². The lowest BCUT2D eigenvalue weighted by atomic mass is 10.1. The van der Waals surface area contributed by atoms with Gasteiger partial charge < -0.3 is 5.32 Å². The van der Waals surface area contributed by atoms with Gasteiger partial charge >= 0.3 is 0 Å². The molecule has 104 valence electrons. The molecule has 0 aliphatic heterocycles. The fourth-order valence-corrected chi connectivity index (χ4v) is 2.09. The first-order valence-electron chi connectivity index (χ1n) is 6.21. The Labute approximate surface area is 121 Å². The van der Waals surface area contributed by atoms with Crippen LogP contribution in [-0.4, -0.2) is 16.9 Å².